The Bertz CT molecular complexity index is 866. The van der Waals surface area contributed by atoms with Crippen LogP contribution in [0.4, 0.5) is 0 Å². The first kappa shape index (κ1) is 17.2. The summed E-state index contributed by atoms with van der Waals surface area (Å²) in [7, 11) is 1.67. The number of benzene rings is 3. The number of hydrogen-bond acceptors (Lipinski definition) is 2. The molecule has 0 radical (unpaired) electrons. The van der Waals surface area contributed by atoms with Crippen LogP contribution >= 0.6 is 0 Å². The minimum atomic E-state index is 0.776. The van der Waals surface area contributed by atoms with Crippen LogP contribution in [-0.2, 0) is 6.42 Å². The number of carbonyl (C=O) groups is 1. The van der Waals surface area contributed by atoms with Gasteiger partial charge in [-0.3, -0.25) is 4.79 Å². The molecule has 3 aromatic rings. The van der Waals surface area contributed by atoms with Gasteiger partial charge in [0.1, 0.15) is 5.75 Å². The standard InChI is InChI=1S/C23H24O2/c1-3-4-6-11-18-14-19-15-20(25-2)12-13-21(19)22(16-24)23(18)17-9-7-5-8-10-17/h5,7-10,12-16H,3-4,6,11H2,1-2H3. The summed E-state index contributed by atoms with van der Waals surface area (Å²) in [5, 5.41) is 2.04. The van der Waals surface area contributed by atoms with Crippen molar-refractivity contribution in [3.05, 3.63) is 65.7 Å². The van der Waals surface area contributed by atoms with Crippen LogP contribution in [0.3, 0.4) is 0 Å². The third-order valence-corrected chi connectivity index (χ3v) is 4.70. The highest BCUT2D eigenvalue weighted by atomic mass is 16.5. The molecule has 128 valence electrons. The summed E-state index contributed by atoms with van der Waals surface area (Å²) in [4.78, 5) is 12.0. The molecule has 0 spiro atoms. The molecule has 3 aromatic carbocycles. The van der Waals surface area contributed by atoms with Gasteiger partial charge in [-0.25, -0.2) is 0 Å². The van der Waals surface area contributed by atoms with Crippen LogP contribution in [0.25, 0.3) is 21.9 Å². The van der Waals surface area contributed by atoms with E-state index in [1.807, 2.05) is 36.4 Å². The van der Waals surface area contributed by atoms with E-state index in [1.165, 1.54) is 18.4 Å². The van der Waals surface area contributed by atoms with Gasteiger partial charge in [-0.1, -0.05) is 56.2 Å². The molecule has 3 rings (SSSR count). The lowest BCUT2D eigenvalue weighted by Gasteiger charge is -2.16. The zero-order valence-corrected chi connectivity index (χ0v) is 14.9. The molecule has 0 saturated carbocycles. The van der Waals surface area contributed by atoms with E-state index in [0.29, 0.717) is 0 Å². The highest BCUT2D eigenvalue weighted by Crippen LogP contribution is 2.35. The molecule has 0 amide bonds. The lowest BCUT2D eigenvalue weighted by atomic mass is 9.88. The fourth-order valence-corrected chi connectivity index (χ4v) is 3.43. The fraction of sp³-hybridized carbons (Fsp3) is 0.261. The molecule has 0 aliphatic heterocycles. The van der Waals surface area contributed by atoms with Crippen LogP contribution in [0.5, 0.6) is 5.75 Å². The van der Waals surface area contributed by atoms with Crippen LogP contribution in [-0.4, -0.2) is 13.4 Å². The number of ether oxygens (including phenoxy) is 1. The highest BCUT2D eigenvalue weighted by Gasteiger charge is 2.15. The molecule has 0 heterocycles. The van der Waals surface area contributed by atoms with E-state index in [4.69, 9.17) is 4.74 Å². The number of aryl methyl sites for hydroxylation is 1. The van der Waals surface area contributed by atoms with Gasteiger partial charge in [-0.05, 0) is 58.5 Å². The van der Waals surface area contributed by atoms with E-state index >= 15 is 0 Å². The minimum absolute atomic E-state index is 0.776. The molecule has 0 unspecified atom stereocenters. The van der Waals surface area contributed by atoms with Crippen molar-refractivity contribution in [1.82, 2.24) is 0 Å². The SMILES string of the molecule is CCCCCc1cc2cc(OC)ccc2c(C=O)c1-c1ccccc1. The molecule has 2 nitrogen and oxygen atoms in total. The molecule has 25 heavy (non-hydrogen) atoms. The molecule has 0 bridgehead atoms. The predicted octanol–water partition coefficient (Wildman–Crippen LogP) is 6.06. The maximum absolute atomic E-state index is 12.0. The number of rotatable bonds is 7. The quantitative estimate of drug-likeness (QED) is 0.388. The number of carbonyl (C=O) groups excluding carboxylic acids is 1. The van der Waals surface area contributed by atoms with Crippen LogP contribution in [0.15, 0.2) is 54.6 Å². The summed E-state index contributed by atoms with van der Waals surface area (Å²) in [6.07, 6.45) is 5.49. The zero-order chi connectivity index (χ0) is 17.6. The van der Waals surface area contributed by atoms with E-state index in [9.17, 15) is 4.79 Å². The zero-order valence-electron chi connectivity index (χ0n) is 14.9. The van der Waals surface area contributed by atoms with Crippen molar-refractivity contribution in [2.24, 2.45) is 0 Å². The summed E-state index contributed by atoms with van der Waals surface area (Å²) >= 11 is 0. The third kappa shape index (κ3) is 3.58. The molecule has 0 fully saturated rings. The van der Waals surface area contributed by atoms with Crippen molar-refractivity contribution in [3.63, 3.8) is 0 Å². The Morgan fingerprint density at radius 1 is 1.00 bits per heavy atom. The summed E-state index contributed by atoms with van der Waals surface area (Å²) in [6.45, 7) is 2.21. The van der Waals surface area contributed by atoms with E-state index in [2.05, 4.69) is 25.1 Å². The van der Waals surface area contributed by atoms with E-state index in [1.54, 1.807) is 7.11 Å². The van der Waals surface area contributed by atoms with Crippen molar-refractivity contribution >= 4 is 17.1 Å². The number of fused-ring (bicyclic) bond motifs is 1. The second-order valence-electron chi connectivity index (χ2n) is 6.35. The van der Waals surface area contributed by atoms with Crippen LogP contribution in [0.1, 0.15) is 42.1 Å². The first-order valence-electron chi connectivity index (χ1n) is 8.92. The molecule has 0 atom stereocenters. The van der Waals surface area contributed by atoms with Gasteiger partial charge in [0, 0.05) is 5.56 Å². The minimum Gasteiger partial charge on any atom is -0.497 e. The Morgan fingerprint density at radius 2 is 1.80 bits per heavy atom. The van der Waals surface area contributed by atoms with Gasteiger partial charge in [-0.2, -0.15) is 0 Å². The van der Waals surface area contributed by atoms with E-state index in [0.717, 1.165) is 52.3 Å². The first-order valence-corrected chi connectivity index (χ1v) is 8.92. The van der Waals surface area contributed by atoms with Gasteiger partial charge in [0.05, 0.1) is 7.11 Å². The second-order valence-corrected chi connectivity index (χ2v) is 6.35. The predicted molar refractivity (Wildman–Crippen MR) is 105 cm³/mol. The molecule has 0 N–H and O–H groups in total. The molecule has 0 saturated heterocycles. The Kier molecular flexibility index (Phi) is 5.49. The Balaban J connectivity index is 2.25. The van der Waals surface area contributed by atoms with Crippen LogP contribution in [0, 0.1) is 0 Å². The molecule has 0 aromatic heterocycles. The van der Waals surface area contributed by atoms with Crippen molar-refractivity contribution in [2.45, 2.75) is 32.6 Å². The molecular formula is C23H24O2. The van der Waals surface area contributed by atoms with Crippen molar-refractivity contribution in [2.75, 3.05) is 7.11 Å². The van der Waals surface area contributed by atoms with Crippen LogP contribution in [0.2, 0.25) is 0 Å². The summed E-state index contributed by atoms with van der Waals surface area (Å²) in [5.41, 5.74) is 4.19. The van der Waals surface area contributed by atoms with Gasteiger partial charge < -0.3 is 4.74 Å². The number of methoxy groups -OCH3 is 1. The first-order chi connectivity index (χ1) is 12.3. The van der Waals surface area contributed by atoms with Gasteiger partial charge >= 0.3 is 0 Å². The maximum Gasteiger partial charge on any atom is 0.151 e. The number of aldehydes is 1. The average Bonchev–Trinajstić information content (AvgIpc) is 2.67. The van der Waals surface area contributed by atoms with Crippen molar-refractivity contribution < 1.29 is 9.53 Å². The lowest BCUT2D eigenvalue weighted by molar-refractivity contribution is 0.112. The normalized spacial score (nSPS) is 10.8. The van der Waals surface area contributed by atoms with Crippen molar-refractivity contribution in [1.29, 1.82) is 0 Å². The Labute approximate surface area is 149 Å². The van der Waals surface area contributed by atoms with Gasteiger partial charge in [0.15, 0.2) is 6.29 Å². The Hall–Kier alpha value is -2.61. The smallest absolute Gasteiger partial charge is 0.151 e. The van der Waals surface area contributed by atoms with Crippen molar-refractivity contribution in [3.8, 4) is 16.9 Å². The molecular weight excluding hydrogens is 308 g/mol. The molecule has 0 aliphatic carbocycles. The summed E-state index contributed by atoms with van der Waals surface area (Å²) in [6, 6.07) is 18.4. The Morgan fingerprint density at radius 3 is 2.48 bits per heavy atom. The number of unbranched alkanes of at least 4 members (excludes halogenated alkanes) is 2. The van der Waals surface area contributed by atoms with Gasteiger partial charge in [0.2, 0.25) is 0 Å². The molecule has 2 heteroatoms. The fourth-order valence-electron chi connectivity index (χ4n) is 3.43. The topological polar surface area (TPSA) is 26.3 Å². The molecule has 0 aliphatic rings. The monoisotopic (exact) mass is 332 g/mol. The lowest BCUT2D eigenvalue weighted by Crippen LogP contribution is -1.98. The van der Waals surface area contributed by atoms with E-state index < -0.39 is 0 Å². The maximum atomic E-state index is 12.0. The largest absolute Gasteiger partial charge is 0.497 e. The second kappa shape index (κ2) is 7.98. The highest BCUT2D eigenvalue weighted by molar-refractivity contribution is 6.06. The van der Waals surface area contributed by atoms with E-state index in [-0.39, 0.29) is 0 Å². The van der Waals surface area contributed by atoms with Crippen LogP contribution < -0.4 is 4.74 Å². The number of hydrogen-bond donors (Lipinski definition) is 0. The summed E-state index contributed by atoms with van der Waals surface area (Å²) in [5.74, 6) is 0.816. The van der Waals surface area contributed by atoms with Gasteiger partial charge in [-0.15, -0.1) is 0 Å². The van der Waals surface area contributed by atoms with Gasteiger partial charge in [0.25, 0.3) is 0 Å². The summed E-state index contributed by atoms with van der Waals surface area (Å²) < 4.78 is 5.36. The third-order valence-electron chi connectivity index (χ3n) is 4.70. The average molecular weight is 332 g/mol.